The zero-order valence-corrected chi connectivity index (χ0v) is 24.6. The molecule has 0 bridgehead atoms. The van der Waals surface area contributed by atoms with Crippen molar-refractivity contribution in [3.05, 3.63) is 60.7 Å². The lowest BCUT2D eigenvalue weighted by molar-refractivity contribution is 0.0177. The van der Waals surface area contributed by atoms with Gasteiger partial charge in [0.15, 0.2) is 0 Å². The van der Waals surface area contributed by atoms with Crippen LogP contribution in [0.15, 0.2) is 60.7 Å². The van der Waals surface area contributed by atoms with Crippen LogP contribution in [0.5, 0.6) is 11.5 Å². The third-order valence-electron chi connectivity index (χ3n) is 6.80. The number of nitrogens with one attached hydrogen (secondary N) is 1. The molecule has 1 N–H and O–H groups in total. The molecule has 0 saturated carbocycles. The second-order valence-corrected chi connectivity index (χ2v) is 11.0. The highest BCUT2D eigenvalue weighted by Gasteiger charge is 2.26. The van der Waals surface area contributed by atoms with E-state index >= 15 is 0 Å². The second kappa shape index (κ2) is 20.4. The van der Waals surface area contributed by atoms with E-state index in [9.17, 15) is 4.79 Å². The zero-order chi connectivity index (χ0) is 26.3. The molecule has 2 aliphatic rings. The van der Waals surface area contributed by atoms with E-state index in [0.717, 1.165) is 63.0 Å². The number of likely N-dealkylation sites (tertiary alicyclic amines) is 1. The first-order valence-corrected chi connectivity index (χ1v) is 13.9. The number of amides is 1. The van der Waals surface area contributed by atoms with Crippen LogP contribution in [-0.4, -0.2) is 56.0 Å². The first kappa shape index (κ1) is 37.5. The van der Waals surface area contributed by atoms with Crippen LogP contribution in [0.2, 0.25) is 0 Å². The van der Waals surface area contributed by atoms with Gasteiger partial charge < -0.3 is 24.4 Å². The molecule has 2 saturated heterocycles. The van der Waals surface area contributed by atoms with Crippen LogP contribution in [0.25, 0.3) is 0 Å². The molecule has 228 valence electrons. The minimum Gasteiger partial charge on any atom is -0.494 e. The molecule has 2 aliphatic heterocycles. The molecule has 6 nitrogen and oxygen atoms in total. The fourth-order valence-corrected chi connectivity index (χ4v) is 4.62. The first-order chi connectivity index (χ1) is 17.9. The van der Waals surface area contributed by atoms with Gasteiger partial charge in [-0.1, -0.05) is 43.8 Å². The SMILES string of the molecule is C.CC(C)(C)OC(=O)N1CCC(CCOc2ccccc2)CC1.Cl.F.c1ccc(OCCC2CCNCC2)cc1. The highest BCUT2D eigenvalue weighted by atomic mass is 35.5. The van der Waals surface area contributed by atoms with Crippen LogP contribution in [0.4, 0.5) is 9.50 Å². The Bertz CT molecular complexity index is 885. The summed E-state index contributed by atoms with van der Waals surface area (Å²) >= 11 is 0. The number of hydrogen-bond donors (Lipinski definition) is 1. The number of rotatable bonds is 8. The van der Waals surface area contributed by atoms with Crippen molar-refractivity contribution in [2.75, 3.05) is 39.4 Å². The average molecular weight is 583 g/mol. The highest BCUT2D eigenvalue weighted by molar-refractivity contribution is 5.85. The summed E-state index contributed by atoms with van der Waals surface area (Å²) in [5.74, 6) is 3.40. The summed E-state index contributed by atoms with van der Waals surface area (Å²) < 4.78 is 16.8. The summed E-state index contributed by atoms with van der Waals surface area (Å²) in [6.07, 6.45) is 6.70. The largest absolute Gasteiger partial charge is 0.494 e. The van der Waals surface area contributed by atoms with Gasteiger partial charge in [-0.05, 0) is 108 Å². The fourth-order valence-electron chi connectivity index (χ4n) is 4.62. The molecular weight excluding hydrogens is 531 g/mol. The highest BCUT2D eigenvalue weighted by Crippen LogP contribution is 2.23. The van der Waals surface area contributed by atoms with Crippen molar-refractivity contribution in [1.29, 1.82) is 0 Å². The van der Waals surface area contributed by atoms with Gasteiger partial charge in [-0.3, -0.25) is 4.70 Å². The van der Waals surface area contributed by atoms with Crippen LogP contribution in [-0.2, 0) is 4.74 Å². The van der Waals surface area contributed by atoms with E-state index in [1.165, 1.54) is 32.4 Å². The summed E-state index contributed by atoms with van der Waals surface area (Å²) in [5, 5.41) is 3.38. The van der Waals surface area contributed by atoms with Crippen molar-refractivity contribution in [2.24, 2.45) is 11.8 Å². The van der Waals surface area contributed by atoms with Gasteiger partial charge in [0.1, 0.15) is 17.1 Å². The second-order valence-electron chi connectivity index (χ2n) is 11.0. The number of carbonyl (C=O) groups excluding carboxylic acids is 1. The van der Waals surface area contributed by atoms with Crippen molar-refractivity contribution in [3.63, 3.8) is 0 Å². The molecule has 0 spiro atoms. The van der Waals surface area contributed by atoms with Crippen molar-refractivity contribution >= 4 is 18.5 Å². The van der Waals surface area contributed by atoms with Gasteiger partial charge in [0.25, 0.3) is 0 Å². The monoisotopic (exact) mass is 582 g/mol. The number of nitrogens with zero attached hydrogens (tertiary/aromatic N) is 1. The standard InChI is InChI=1S/C18H27NO3.C13H19NO.CH4.ClH.FH/c1-18(2,3)22-17(20)19-12-9-15(10-13-19)11-14-21-16-7-5-4-6-8-16;1-2-4-13(5-3-1)15-11-8-12-6-9-14-10-7-12;;;/h4-8,15H,9-14H2,1-3H3;1-5,12,14H,6-11H2;1H4;2*1H. The fraction of sp³-hybridized carbons (Fsp3) is 0.594. The lowest BCUT2D eigenvalue weighted by Gasteiger charge is -2.33. The molecule has 0 radical (unpaired) electrons. The van der Waals surface area contributed by atoms with Gasteiger partial charge in [-0.25, -0.2) is 4.79 Å². The molecular formula is C32H52ClFN2O4. The Morgan fingerprint density at radius 1 is 0.800 bits per heavy atom. The van der Waals surface area contributed by atoms with Crippen LogP contribution in [0.3, 0.4) is 0 Å². The first-order valence-electron chi connectivity index (χ1n) is 13.9. The minimum atomic E-state index is -0.419. The Morgan fingerprint density at radius 2 is 1.23 bits per heavy atom. The summed E-state index contributed by atoms with van der Waals surface area (Å²) in [6, 6.07) is 20.0. The summed E-state index contributed by atoms with van der Waals surface area (Å²) in [6.45, 7) is 11.2. The quantitative estimate of drug-likeness (QED) is 0.344. The van der Waals surface area contributed by atoms with Crippen LogP contribution < -0.4 is 14.8 Å². The van der Waals surface area contributed by atoms with Crippen LogP contribution in [0, 0.1) is 11.8 Å². The van der Waals surface area contributed by atoms with E-state index in [2.05, 4.69) is 5.32 Å². The Kier molecular flexibility index (Phi) is 19.1. The number of para-hydroxylation sites is 2. The Balaban J connectivity index is 0.000000748. The predicted octanol–water partition coefficient (Wildman–Crippen LogP) is 7.77. The van der Waals surface area contributed by atoms with E-state index in [0.29, 0.717) is 5.92 Å². The maximum Gasteiger partial charge on any atom is 0.410 e. The van der Waals surface area contributed by atoms with E-state index in [-0.39, 0.29) is 30.6 Å². The van der Waals surface area contributed by atoms with E-state index in [1.54, 1.807) is 0 Å². The van der Waals surface area contributed by atoms with Gasteiger partial charge in [0, 0.05) is 13.1 Å². The summed E-state index contributed by atoms with van der Waals surface area (Å²) in [7, 11) is 0. The summed E-state index contributed by atoms with van der Waals surface area (Å²) in [5.41, 5.74) is -0.419. The zero-order valence-electron chi connectivity index (χ0n) is 23.8. The molecule has 2 aromatic rings. The Hall–Kier alpha value is -2.51. The predicted molar refractivity (Wildman–Crippen MR) is 166 cm³/mol. The van der Waals surface area contributed by atoms with Gasteiger partial charge in [0.2, 0.25) is 0 Å². The molecule has 2 aromatic carbocycles. The smallest absolute Gasteiger partial charge is 0.410 e. The number of hydrogen-bond acceptors (Lipinski definition) is 5. The van der Waals surface area contributed by atoms with E-state index in [4.69, 9.17) is 14.2 Å². The summed E-state index contributed by atoms with van der Waals surface area (Å²) in [4.78, 5) is 13.8. The Morgan fingerprint density at radius 3 is 1.65 bits per heavy atom. The van der Waals surface area contributed by atoms with Gasteiger partial charge in [-0.2, -0.15) is 0 Å². The number of ether oxygens (including phenoxy) is 3. The molecule has 0 atom stereocenters. The van der Waals surface area contributed by atoms with Crippen molar-refractivity contribution in [2.45, 2.75) is 72.3 Å². The number of halogens is 2. The van der Waals surface area contributed by atoms with Crippen molar-refractivity contribution in [3.8, 4) is 11.5 Å². The van der Waals surface area contributed by atoms with Crippen LogP contribution in [0.1, 0.15) is 66.7 Å². The van der Waals surface area contributed by atoms with Gasteiger partial charge in [-0.15, -0.1) is 12.4 Å². The maximum atomic E-state index is 12.0. The maximum absolute atomic E-state index is 12.0. The number of carbonyl (C=O) groups is 1. The molecule has 0 unspecified atom stereocenters. The number of benzene rings is 2. The lowest BCUT2D eigenvalue weighted by atomic mass is 9.94. The molecule has 1 amide bonds. The van der Waals surface area contributed by atoms with E-state index in [1.807, 2.05) is 86.3 Å². The third kappa shape index (κ3) is 15.3. The number of piperidine rings is 2. The van der Waals surface area contributed by atoms with E-state index < -0.39 is 5.60 Å². The lowest BCUT2D eigenvalue weighted by Crippen LogP contribution is -2.41. The minimum absolute atomic E-state index is 0. The van der Waals surface area contributed by atoms with Crippen molar-refractivity contribution in [1.82, 2.24) is 10.2 Å². The topological polar surface area (TPSA) is 60.0 Å². The van der Waals surface area contributed by atoms with Crippen molar-refractivity contribution < 1.29 is 23.7 Å². The Labute approximate surface area is 247 Å². The molecule has 2 heterocycles. The third-order valence-corrected chi connectivity index (χ3v) is 6.80. The molecule has 40 heavy (non-hydrogen) atoms. The van der Waals surface area contributed by atoms with Gasteiger partial charge >= 0.3 is 6.09 Å². The molecule has 0 aliphatic carbocycles. The normalized spacial score (nSPS) is 15.6. The average Bonchev–Trinajstić information content (AvgIpc) is 2.90. The molecule has 2 fully saturated rings. The molecule has 0 aromatic heterocycles. The molecule has 8 heteroatoms. The van der Waals surface area contributed by atoms with Crippen LogP contribution >= 0.6 is 12.4 Å². The van der Waals surface area contributed by atoms with Gasteiger partial charge in [0.05, 0.1) is 13.2 Å². The molecule has 4 rings (SSSR count).